The van der Waals surface area contributed by atoms with Gasteiger partial charge in [-0.05, 0) is 29.7 Å². The molecule has 0 N–H and O–H groups in total. The molecule has 8 heteroatoms. The Bertz CT molecular complexity index is 804. The lowest BCUT2D eigenvalue weighted by Crippen LogP contribution is -2.43. The first-order valence-electron chi connectivity index (χ1n) is 8.21. The maximum atomic E-state index is 12.9. The summed E-state index contributed by atoms with van der Waals surface area (Å²) in [5, 5.41) is 0. The molecule has 0 radical (unpaired) electrons. The van der Waals surface area contributed by atoms with Crippen LogP contribution < -0.4 is 9.47 Å². The van der Waals surface area contributed by atoms with Crippen LogP contribution in [0.2, 0.25) is 0 Å². The molecule has 8 nitrogen and oxygen atoms in total. The molecule has 2 fully saturated rings. The molecule has 25 heavy (non-hydrogen) atoms. The quantitative estimate of drug-likeness (QED) is 0.650. The SMILES string of the molecule is O=C1O[C@@H]2C(=O)N3CC[C@H](C(=O)C[C@H]2O1)c1cc2c(cc1C3)OCO2. The molecule has 0 aliphatic carbocycles. The molecule has 0 unspecified atom stereocenters. The molecule has 130 valence electrons. The van der Waals surface area contributed by atoms with E-state index in [2.05, 4.69) is 0 Å². The fourth-order valence-corrected chi connectivity index (χ4v) is 3.98. The van der Waals surface area contributed by atoms with Crippen LogP contribution in [0.25, 0.3) is 0 Å². The van der Waals surface area contributed by atoms with Gasteiger partial charge in [-0.3, -0.25) is 9.59 Å². The summed E-state index contributed by atoms with van der Waals surface area (Å²) < 4.78 is 20.9. The van der Waals surface area contributed by atoms with Crippen molar-refractivity contribution in [2.24, 2.45) is 0 Å². The van der Waals surface area contributed by atoms with Crippen molar-refractivity contribution < 1.29 is 33.3 Å². The average Bonchev–Trinajstić information content (AvgIpc) is 3.13. The zero-order valence-corrected chi connectivity index (χ0v) is 13.2. The molecule has 5 rings (SSSR count). The summed E-state index contributed by atoms with van der Waals surface area (Å²) >= 11 is 0. The van der Waals surface area contributed by atoms with Gasteiger partial charge in [0.1, 0.15) is 5.78 Å². The number of benzene rings is 1. The zero-order valence-electron chi connectivity index (χ0n) is 13.2. The van der Waals surface area contributed by atoms with Crippen LogP contribution in [0.3, 0.4) is 0 Å². The topological polar surface area (TPSA) is 91.4 Å². The van der Waals surface area contributed by atoms with E-state index in [-0.39, 0.29) is 30.8 Å². The van der Waals surface area contributed by atoms with E-state index in [4.69, 9.17) is 18.9 Å². The van der Waals surface area contributed by atoms with Crippen molar-refractivity contribution in [1.82, 2.24) is 4.90 Å². The number of fused-ring (bicyclic) bond motifs is 7. The largest absolute Gasteiger partial charge is 0.509 e. The van der Waals surface area contributed by atoms with Gasteiger partial charge in [-0.2, -0.15) is 0 Å². The number of carbonyl (C=O) groups excluding carboxylic acids is 3. The number of ketones is 1. The van der Waals surface area contributed by atoms with Crippen molar-refractivity contribution in [2.45, 2.75) is 37.5 Å². The summed E-state index contributed by atoms with van der Waals surface area (Å²) in [5.41, 5.74) is 1.71. The molecular formula is C17H15NO7. The highest BCUT2D eigenvalue weighted by molar-refractivity contribution is 5.92. The second-order valence-electron chi connectivity index (χ2n) is 6.62. The lowest BCUT2D eigenvalue weighted by molar-refractivity contribution is -0.140. The Kier molecular flexibility index (Phi) is 2.98. The van der Waals surface area contributed by atoms with Gasteiger partial charge < -0.3 is 23.8 Å². The fraction of sp³-hybridized carbons (Fsp3) is 0.471. The average molecular weight is 345 g/mol. The van der Waals surface area contributed by atoms with Gasteiger partial charge in [-0.15, -0.1) is 0 Å². The van der Waals surface area contributed by atoms with Crippen molar-refractivity contribution in [2.75, 3.05) is 13.3 Å². The minimum absolute atomic E-state index is 0.0332. The van der Waals surface area contributed by atoms with E-state index in [1.165, 1.54) is 0 Å². The third-order valence-electron chi connectivity index (χ3n) is 5.21. The van der Waals surface area contributed by atoms with Crippen LogP contribution in [-0.2, 0) is 25.6 Å². The standard InChI is InChI=1S/C17H15NO7/c19-11-5-14-15(25-17(21)24-14)16(20)18-2-1-9(11)10-4-13-12(22-7-23-13)3-8(10)6-18/h3-4,9,14-15H,1-2,5-7H2/t9-,14+,15-/m0/s1. The lowest BCUT2D eigenvalue weighted by Gasteiger charge is -2.25. The van der Waals surface area contributed by atoms with Gasteiger partial charge in [-0.1, -0.05) is 0 Å². The van der Waals surface area contributed by atoms with Crippen molar-refractivity contribution in [3.05, 3.63) is 23.3 Å². The number of hydrogen-bond acceptors (Lipinski definition) is 7. The summed E-state index contributed by atoms with van der Waals surface area (Å²) in [6.45, 7) is 0.889. The van der Waals surface area contributed by atoms with Crippen molar-refractivity contribution >= 4 is 17.8 Å². The third-order valence-corrected chi connectivity index (χ3v) is 5.21. The number of amides is 1. The predicted molar refractivity (Wildman–Crippen MR) is 80.1 cm³/mol. The van der Waals surface area contributed by atoms with Crippen LogP contribution in [0, 0.1) is 0 Å². The van der Waals surface area contributed by atoms with Gasteiger partial charge in [0.15, 0.2) is 17.6 Å². The van der Waals surface area contributed by atoms with Crippen molar-refractivity contribution in [3.63, 3.8) is 0 Å². The third kappa shape index (κ3) is 2.16. The molecule has 1 aromatic rings. The van der Waals surface area contributed by atoms with Crippen LogP contribution >= 0.6 is 0 Å². The Morgan fingerprint density at radius 3 is 2.68 bits per heavy atom. The highest BCUT2D eigenvalue weighted by Crippen LogP contribution is 2.42. The van der Waals surface area contributed by atoms with E-state index in [9.17, 15) is 14.4 Å². The molecule has 4 heterocycles. The van der Waals surface area contributed by atoms with Gasteiger partial charge >= 0.3 is 6.16 Å². The number of carbonyl (C=O) groups is 3. The Labute approximate surface area is 142 Å². The summed E-state index contributed by atoms with van der Waals surface area (Å²) in [6, 6.07) is 3.67. The monoisotopic (exact) mass is 345 g/mol. The Morgan fingerprint density at radius 1 is 1.04 bits per heavy atom. The summed E-state index contributed by atoms with van der Waals surface area (Å²) in [4.78, 5) is 38.8. The first kappa shape index (κ1) is 14.6. The van der Waals surface area contributed by atoms with E-state index in [1.54, 1.807) is 4.90 Å². The maximum absolute atomic E-state index is 12.9. The Balaban J connectivity index is 1.62. The van der Waals surface area contributed by atoms with Gasteiger partial charge in [0.25, 0.3) is 5.91 Å². The van der Waals surface area contributed by atoms with E-state index in [0.717, 1.165) is 11.1 Å². The first-order chi connectivity index (χ1) is 12.1. The first-order valence-corrected chi connectivity index (χ1v) is 8.21. The Morgan fingerprint density at radius 2 is 1.84 bits per heavy atom. The number of hydrogen-bond donors (Lipinski definition) is 0. The maximum Gasteiger partial charge on any atom is 0.509 e. The molecular weight excluding hydrogens is 330 g/mol. The molecule has 4 aliphatic heterocycles. The van der Waals surface area contributed by atoms with E-state index in [0.29, 0.717) is 31.0 Å². The number of Topliss-reactive ketones (excluding diaryl/α,β-unsaturated/α-hetero) is 1. The normalized spacial score (nSPS) is 29.8. The molecule has 2 bridgehead atoms. The van der Waals surface area contributed by atoms with Gasteiger partial charge in [0.2, 0.25) is 12.9 Å². The molecule has 0 aromatic heterocycles. The number of rotatable bonds is 0. The molecule has 2 saturated heterocycles. The van der Waals surface area contributed by atoms with Gasteiger partial charge in [0, 0.05) is 25.4 Å². The van der Waals surface area contributed by atoms with E-state index < -0.39 is 18.4 Å². The smallest absolute Gasteiger partial charge is 0.454 e. The van der Waals surface area contributed by atoms with Crippen LogP contribution in [0.4, 0.5) is 4.79 Å². The van der Waals surface area contributed by atoms with Crippen LogP contribution in [0.5, 0.6) is 11.5 Å². The highest BCUT2D eigenvalue weighted by Gasteiger charge is 2.48. The van der Waals surface area contributed by atoms with Crippen LogP contribution in [0.15, 0.2) is 12.1 Å². The minimum Gasteiger partial charge on any atom is -0.454 e. The summed E-state index contributed by atoms with van der Waals surface area (Å²) in [5.74, 6) is 0.465. The van der Waals surface area contributed by atoms with E-state index >= 15 is 0 Å². The molecule has 1 aromatic carbocycles. The predicted octanol–water partition coefficient (Wildman–Crippen LogP) is 1.11. The molecule has 4 aliphatic rings. The molecule has 0 saturated carbocycles. The number of nitrogens with zero attached hydrogens (tertiary/aromatic N) is 1. The molecule has 3 atom stereocenters. The molecule has 0 spiro atoms. The van der Waals surface area contributed by atoms with Crippen molar-refractivity contribution in [3.8, 4) is 11.5 Å². The van der Waals surface area contributed by atoms with E-state index in [1.807, 2.05) is 12.1 Å². The molecule has 1 amide bonds. The van der Waals surface area contributed by atoms with Crippen molar-refractivity contribution in [1.29, 1.82) is 0 Å². The second kappa shape index (κ2) is 5.11. The zero-order chi connectivity index (χ0) is 17.1. The lowest BCUT2D eigenvalue weighted by atomic mass is 9.86. The Hall–Kier alpha value is -2.77. The van der Waals surface area contributed by atoms with Gasteiger partial charge in [-0.25, -0.2) is 4.79 Å². The summed E-state index contributed by atoms with van der Waals surface area (Å²) in [6.07, 6.45) is -2.32. The van der Waals surface area contributed by atoms with Crippen LogP contribution in [0.1, 0.15) is 29.9 Å². The van der Waals surface area contributed by atoms with Gasteiger partial charge in [0.05, 0.1) is 0 Å². The second-order valence-corrected chi connectivity index (χ2v) is 6.62. The highest BCUT2D eigenvalue weighted by atomic mass is 16.8. The van der Waals surface area contributed by atoms with Crippen LogP contribution in [-0.4, -0.2) is 48.3 Å². The minimum atomic E-state index is -1.05. The summed E-state index contributed by atoms with van der Waals surface area (Å²) in [7, 11) is 0. The fourth-order valence-electron chi connectivity index (χ4n) is 3.98. The number of ether oxygens (including phenoxy) is 4.